The molecule has 1 N–H and O–H groups in total. The molecule has 1 saturated carbocycles. The second-order valence-electron chi connectivity index (χ2n) is 5.72. The molecule has 0 unspecified atom stereocenters. The predicted molar refractivity (Wildman–Crippen MR) is 65.4 cm³/mol. The normalized spacial score (nSPS) is 27.5. The van der Waals surface area contributed by atoms with E-state index in [-0.39, 0.29) is 12.8 Å². The van der Waals surface area contributed by atoms with Crippen molar-refractivity contribution in [3.05, 3.63) is 0 Å². The zero-order valence-corrected chi connectivity index (χ0v) is 10.7. The van der Waals surface area contributed by atoms with E-state index in [2.05, 4.69) is 17.3 Å². The van der Waals surface area contributed by atoms with Crippen LogP contribution in [0.3, 0.4) is 0 Å². The van der Waals surface area contributed by atoms with E-state index in [1.807, 2.05) is 0 Å². The van der Waals surface area contributed by atoms with E-state index in [1.54, 1.807) is 0 Å². The van der Waals surface area contributed by atoms with Crippen LogP contribution in [-0.2, 0) is 0 Å². The second-order valence-corrected chi connectivity index (χ2v) is 5.72. The number of hydrogen-bond acceptors (Lipinski definition) is 2. The van der Waals surface area contributed by atoms with Crippen LogP contribution in [0.1, 0.15) is 38.5 Å². The Morgan fingerprint density at radius 1 is 1.12 bits per heavy atom. The molecule has 0 spiro atoms. The first kappa shape index (κ1) is 13.2. The summed E-state index contributed by atoms with van der Waals surface area (Å²) in [6.45, 7) is 3.31. The highest BCUT2D eigenvalue weighted by atomic mass is 19.3. The van der Waals surface area contributed by atoms with Gasteiger partial charge in [0.05, 0.1) is 0 Å². The van der Waals surface area contributed by atoms with Gasteiger partial charge < -0.3 is 10.2 Å². The molecule has 100 valence electrons. The third-order valence-electron chi connectivity index (χ3n) is 4.31. The Morgan fingerprint density at radius 2 is 1.71 bits per heavy atom. The zero-order chi connectivity index (χ0) is 12.3. The molecule has 1 aliphatic heterocycles. The molecule has 0 amide bonds. The van der Waals surface area contributed by atoms with Gasteiger partial charge in [0.15, 0.2) is 0 Å². The summed E-state index contributed by atoms with van der Waals surface area (Å²) in [6, 6.07) is 0.379. The number of rotatable bonds is 3. The molecule has 2 nitrogen and oxygen atoms in total. The Labute approximate surface area is 103 Å². The van der Waals surface area contributed by atoms with Gasteiger partial charge in [-0.1, -0.05) is 0 Å². The summed E-state index contributed by atoms with van der Waals surface area (Å²) >= 11 is 0. The quantitative estimate of drug-likeness (QED) is 0.823. The van der Waals surface area contributed by atoms with Crippen LogP contribution < -0.4 is 5.32 Å². The Morgan fingerprint density at radius 3 is 2.29 bits per heavy atom. The molecule has 4 heteroatoms. The van der Waals surface area contributed by atoms with E-state index in [1.165, 1.54) is 12.8 Å². The van der Waals surface area contributed by atoms with Gasteiger partial charge in [-0.15, -0.1) is 0 Å². The van der Waals surface area contributed by atoms with Crippen LogP contribution >= 0.6 is 0 Å². The van der Waals surface area contributed by atoms with E-state index in [0.29, 0.717) is 18.9 Å². The lowest BCUT2D eigenvalue weighted by Crippen LogP contribution is -2.42. The van der Waals surface area contributed by atoms with Crippen molar-refractivity contribution in [3.8, 4) is 0 Å². The fraction of sp³-hybridized carbons (Fsp3) is 1.00. The van der Waals surface area contributed by atoms with Crippen molar-refractivity contribution in [2.24, 2.45) is 5.92 Å². The first-order valence-corrected chi connectivity index (χ1v) is 6.86. The lowest BCUT2D eigenvalue weighted by Gasteiger charge is -2.37. The van der Waals surface area contributed by atoms with Gasteiger partial charge in [0.25, 0.3) is 0 Å². The van der Waals surface area contributed by atoms with Crippen molar-refractivity contribution in [1.29, 1.82) is 0 Å². The molecule has 2 fully saturated rings. The largest absolute Gasteiger partial charge is 0.317 e. The predicted octanol–water partition coefficient (Wildman–Crippen LogP) is 2.50. The highest BCUT2D eigenvalue weighted by Gasteiger charge is 2.36. The highest BCUT2D eigenvalue weighted by Crippen LogP contribution is 2.35. The lowest BCUT2D eigenvalue weighted by atomic mass is 9.90. The summed E-state index contributed by atoms with van der Waals surface area (Å²) in [5.74, 6) is -1.64. The third-order valence-corrected chi connectivity index (χ3v) is 4.31. The topological polar surface area (TPSA) is 15.3 Å². The Balaban J connectivity index is 1.74. The Hall–Kier alpha value is -0.220. The first-order valence-electron chi connectivity index (χ1n) is 6.86. The molecule has 0 aromatic carbocycles. The van der Waals surface area contributed by atoms with Gasteiger partial charge in [-0.3, -0.25) is 0 Å². The van der Waals surface area contributed by atoms with E-state index in [0.717, 1.165) is 25.6 Å². The summed E-state index contributed by atoms with van der Waals surface area (Å²) < 4.78 is 26.1. The molecule has 0 atom stereocenters. The smallest absolute Gasteiger partial charge is 0.248 e. The second kappa shape index (κ2) is 5.61. The van der Waals surface area contributed by atoms with Gasteiger partial charge in [0.1, 0.15) is 0 Å². The molecule has 0 aromatic heterocycles. The van der Waals surface area contributed by atoms with Crippen molar-refractivity contribution in [1.82, 2.24) is 10.2 Å². The van der Waals surface area contributed by atoms with Gasteiger partial charge in [-0.25, -0.2) is 8.78 Å². The first-order chi connectivity index (χ1) is 8.07. The summed E-state index contributed by atoms with van der Waals surface area (Å²) in [4.78, 5) is 2.32. The van der Waals surface area contributed by atoms with Crippen molar-refractivity contribution in [3.63, 3.8) is 0 Å². The molecule has 1 saturated heterocycles. The minimum absolute atomic E-state index is 0.0776. The monoisotopic (exact) mass is 246 g/mol. The summed E-state index contributed by atoms with van der Waals surface area (Å²) in [5.41, 5.74) is 0. The van der Waals surface area contributed by atoms with Crippen LogP contribution in [0.2, 0.25) is 0 Å². The molecule has 2 aliphatic rings. The summed E-state index contributed by atoms with van der Waals surface area (Å²) in [7, 11) is 2.11. The Kier molecular flexibility index (Phi) is 4.36. The van der Waals surface area contributed by atoms with E-state index in [9.17, 15) is 8.78 Å². The summed E-state index contributed by atoms with van der Waals surface area (Å²) in [5, 5.41) is 3.36. The number of alkyl halides is 2. The maximum absolute atomic E-state index is 13.1. The fourth-order valence-electron chi connectivity index (χ4n) is 3.09. The van der Waals surface area contributed by atoms with Crippen LogP contribution in [0.25, 0.3) is 0 Å². The van der Waals surface area contributed by atoms with Gasteiger partial charge in [0, 0.05) is 25.4 Å². The van der Waals surface area contributed by atoms with Crippen molar-refractivity contribution in [2.75, 3.05) is 26.7 Å². The van der Waals surface area contributed by atoms with Crippen LogP contribution in [0, 0.1) is 5.92 Å². The minimum Gasteiger partial charge on any atom is -0.317 e. The molecule has 2 rings (SSSR count). The zero-order valence-electron chi connectivity index (χ0n) is 10.7. The fourth-order valence-corrected chi connectivity index (χ4v) is 3.09. The average Bonchev–Trinajstić information content (AvgIpc) is 2.30. The van der Waals surface area contributed by atoms with Gasteiger partial charge in [-0.2, -0.15) is 0 Å². The van der Waals surface area contributed by atoms with Crippen molar-refractivity contribution in [2.45, 2.75) is 50.5 Å². The molecule has 0 bridgehead atoms. The standard InChI is InChI=1S/C13H24F2N2/c1-17(10-11-4-8-16-9-5-11)12-2-6-13(14,15)7-3-12/h11-12,16H,2-10H2,1H3. The maximum Gasteiger partial charge on any atom is 0.248 e. The van der Waals surface area contributed by atoms with Gasteiger partial charge >= 0.3 is 0 Å². The highest BCUT2D eigenvalue weighted by molar-refractivity contribution is 4.83. The van der Waals surface area contributed by atoms with Crippen LogP contribution in [0.4, 0.5) is 8.78 Å². The molecule has 17 heavy (non-hydrogen) atoms. The van der Waals surface area contributed by atoms with Gasteiger partial charge in [-0.05, 0) is 51.7 Å². The Bertz CT molecular complexity index is 230. The molecular weight excluding hydrogens is 222 g/mol. The molecule has 1 aliphatic carbocycles. The molecule has 0 aromatic rings. The number of nitrogens with one attached hydrogen (secondary N) is 1. The minimum atomic E-state index is -2.40. The van der Waals surface area contributed by atoms with Gasteiger partial charge in [0.2, 0.25) is 5.92 Å². The molecular formula is C13H24F2N2. The SMILES string of the molecule is CN(CC1CCNCC1)C1CCC(F)(F)CC1. The lowest BCUT2D eigenvalue weighted by molar-refractivity contribution is -0.0525. The summed E-state index contributed by atoms with van der Waals surface area (Å²) in [6.07, 6.45) is 3.94. The molecule has 1 heterocycles. The number of piperidine rings is 1. The average molecular weight is 246 g/mol. The van der Waals surface area contributed by atoms with E-state index >= 15 is 0 Å². The van der Waals surface area contributed by atoms with Crippen LogP contribution in [0.15, 0.2) is 0 Å². The van der Waals surface area contributed by atoms with Crippen molar-refractivity contribution < 1.29 is 8.78 Å². The number of halogens is 2. The van der Waals surface area contributed by atoms with E-state index < -0.39 is 5.92 Å². The number of hydrogen-bond donors (Lipinski definition) is 1. The molecule has 0 radical (unpaired) electrons. The van der Waals surface area contributed by atoms with Crippen LogP contribution in [-0.4, -0.2) is 43.5 Å². The number of nitrogens with zero attached hydrogens (tertiary/aromatic N) is 1. The van der Waals surface area contributed by atoms with Crippen LogP contribution in [0.5, 0.6) is 0 Å². The van der Waals surface area contributed by atoms with E-state index in [4.69, 9.17) is 0 Å². The van der Waals surface area contributed by atoms with Crippen molar-refractivity contribution >= 4 is 0 Å². The third kappa shape index (κ3) is 3.88. The maximum atomic E-state index is 13.1.